The highest BCUT2D eigenvalue weighted by Crippen LogP contribution is 2.35. The molecule has 0 amide bonds. The Morgan fingerprint density at radius 3 is 3.00 bits per heavy atom. The summed E-state index contributed by atoms with van der Waals surface area (Å²) in [5.74, 6) is 0.480. The molecule has 0 spiro atoms. The summed E-state index contributed by atoms with van der Waals surface area (Å²) < 4.78 is 1.70. The third kappa shape index (κ3) is 2.73. The van der Waals surface area contributed by atoms with Crippen LogP contribution in [0.2, 0.25) is 0 Å². The molecule has 5 nitrogen and oxygen atoms in total. The molecule has 2 aromatic rings. The summed E-state index contributed by atoms with van der Waals surface area (Å²) >= 11 is 3.31. The Bertz CT molecular complexity index is 714. The van der Waals surface area contributed by atoms with E-state index in [0.29, 0.717) is 16.1 Å². The molecule has 110 valence electrons. The van der Waals surface area contributed by atoms with Crippen molar-refractivity contribution in [3.63, 3.8) is 0 Å². The lowest BCUT2D eigenvalue weighted by Crippen LogP contribution is -2.28. The number of aromatic nitrogens is 2. The SMILES string of the molecule is O=c1c(Br)c(NCC2Cc3ccccc32)cnn1CCO. The van der Waals surface area contributed by atoms with Crippen molar-refractivity contribution in [2.45, 2.75) is 18.9 Å². The first-order valence-electron chi connectivity index (χ1n) is 6.89. The van der Waals surface area contributed by atoms with E-state index < -0.39 is 0 Å². The molecule has 0 fully saturated rings. The van der Waals surface area contributed by atoms with Crippen LogP contribution in [0.25, 0.3) is 0 Å². The number of fused-ring (bicyclic) bond motifs is 1. The number of nitrogens with zero attached hydrogens (tertiary/aromatic N) is 2. The van der Waals surface area contributed by atoms with E-state index in [1.54, 1.807) is 6.20 Å². The summed E-state index contributed by atoms with van der Waals surface area (Å²) in [5.41, 5.74) is 3.24. The van der Waals surface area contributed by atoms with E-state index in [1.807, 2.05) is 0 Å². The maximum atomic E-state index is 12.0. The standard InChI is InChI=1S/C15H16BrN3O2/c16-14-13(9-18-19(5-6-20)15(14)21)17-8-11-7-10-3-1-2-4-12(10)11/h1-4,9,11,17,20H,5-8H2. The van der Waals surface area contributed by atoms with Gasteiger partial charge in [-0.2, -0.15) is 5.10 Å². The number of halogens is 1. The average molecular weight is 350 g/mol. The van der Waals surface area contributed by atoms with Gasteiger partial charge in [-0.1, -0.05) is 24.3 Å². The number of benzene rings is 1. The minimum atomic E-state index is -0.233. The Morgan fingerprint density at radius 1 is 1.43 bits per heavy atom. The summed E-state index contributed by atoms with van der Waals surface area (Å²) in [6, 6.07) is 8.42. The zero-order valence-corrected chi connectivity index (χ0v) is 13.0. The van der Waals surface area contributed by atoms with E-state index in [1.165, 1.54) is 15.8 Å². The summed E-state index contributed by atoms with van der Waals surface area (Å²) in [4.78, 5) is 12.0. The van der Waals surface area contributed by atoms with Crippen LogP contribution in [0.4, 0.5) is 5.69 Å². The molecule has 1 heterocycles. The summed E-state index contributed by atoms with van der Waals surface area (Å²) in [5, 5.41) is 16.2. The Hall–Kier alpha value is -1.66. The fraction of sp³-hybridized carbons (Fsp3) is 0.333. The number of hydrogen-bond donors (Lipinski definition) is 2. The van der Waals surface area contributed by atoms with Gasteiger partial charge in [0.15, 0.2) is 0 Å². The largest absolute Gasteiger partial charge is 0.394 e. The van der Waals surface area contributed by atoms with Crippen molar-refractivity contribution in [3.05, 3.63) is 56.4 Å². The molecule has 1 aromatic heterocycles. The maximum Gasteiger partial charge on any atom is 0.283 e. The van der Waals surface area contributed by atoms with E-state index >= 15 is 0 Å². The Morgan fingerprint density at radius 2 is 2.24 bits per heavy atom. The molecule has 21 heavy (non-hydrogen) atoms. The number of rotatable bonds is 5. The van der Waals surface area contributed by atoms with E-state index in [2.05, 4.69) is 50.6 Å². The van der Waals surface area contributed by atoms with Gasteiger partial charge in [-0.25, -0.2) is 4.68 Å². The fourth-order valence-electron chi connectivity index (χ4n) is 2.62. The highest BCUT2D eigenvalue weighted by atomic mass is 79.9. The minimum absolute atomic E-state index is 0.106. The van der Waals surface area contributed by atoms with Crippen LogP contribution in [0.1, 0.15) is 17.0 Å². The van der Waals surface area contributed by atoms with Crippen LogP contribution in [-0.4, -0.2) is 28.0 Å². The van der Waals surface area contributed by atoms with Gasteiger partial charge in [-0.3, -0.25) is 4.79 Å². The molecule has 1 aliphatic rings. The van der Waals surface area contributed by atoms with E-state index in [4.69, 9.17) is 5.11 Å². The number of hydrogen-bond acceptors (Lipinski definition) is 4. The predicted molar refractivity (Wildman–Crippen MR) is 84.7 cm³/mol. The molecule has 0 aliphatic heterocycles. The number of aliphatic hydroxyl groups is 1. The normalized spacial score (nSPS) is 16.2. The smallest absolute Gasteiger partial charge is 0.283 e. The number of nitrogens with one attached hydrogen (secondary N) is 1. The molecule has 3 rings (SSSR count). The molecule has 1 aromatic carbocycles. The molecule has 0 radical (unpaired) electrons. The highest BCUT2D eigenvalue weighted by Gasteiger charge is 2.25. The molecule has 2 N–H and O–H groups in total. The van der Waals surface area contributed by atoms with Crippen molar-refractivity contribution >= 4 is 21.6 Å². The molecule has 6 heteroatoms. The summed E-state index contributed by atoms with van der Waals surface area (Å²) in [6.45, 7) is 0.874. The average Bonchev–Trinajstić information content (AvgIpc) is 2.47. The lowest BCUT2D eigenvalue weighted by molar-refractivity contribution is 0.266. The zero-order valence-electron chi connectivity index (χ0n) is 11.4. The summed E-state index contributed by atoms with van der Waals surface area (Å²) in [6.07, 6.45) is 2.68. The molecule has 0 bridgehead atoms. The van der Waals surface area contributed by atoms with Gasteiger partial charge in [0.05, 0.1) is 25.0 Å². The van der Waals surface area contributed by atoms with E-state index in [-0.39, 0.29) is 18.7 Å². The predicted octanol–water partition coefficient (Wildman–Crippen LogP) is 1.75. The van der Waals surface area contributed by atoms with Gasteiger partial charge >= 0.3 is 0 Å². The van der Waals surface area contributed by atoms with Gasteiger partial charge in [0.25, 0.3) is 5.56 Å². The molecule has 1 atom stereocenters. The fourth-order valence-corrected chi connectivity index (χ4v) is 3.07. The Kier molecular flexibility index (Phi) is 4.07. The van der Waals surface area contributed by atoms with Gasteiger partial charge in [0.2, 0.25) is 0 Å². The van der Waals surface area contributed by atoms with Crippen molar-refractivity contribution in [1.82, 2.24) is 9.78 Å². The van der Waals surface area contributed by atoms with Crippen LogP contribution in [-0.2, 0) is 13.0 Å². The van der Waals surface area contributed by atoms with Gasteiger partial charge in [0.1, 0.15) is 4.47 Å². The van der Waals surface area contributed by atoms with Crippen molar-refractivity contribution < 1.29 is 5.11 Å². The van der Waals surface area contributed by atoms with Crippen LogP contribution in [0.3, 0.4) is 0 Å². The monoisotopic (exact) mass is 349 g/mol. The van der Waals surface area contributed by atoms with E-state index in [9.17, 15) is 4.79 Å². The van der Waals surface area contributed by atoms with Crippen molar-refractivity contribution in [1.29, 1.82) is 0 Å². The van der Waals surface area contributed by atoms with Gasteiger partial charge in [-0.05, 0) is 33.5 Å². The highest BCUT2D eigenvalue weighted by molar-refractivity contribution is 9.10. The maximum absolute atomic E-state index is 12.0. The van der Waals surface area contributed by atoms with Gasteiger partial charge in [-0.15, -0.1) is 0 Å². The second kappa shape index (κ2) is 5.99. The first-order chi connectivity index (χ1) is 10.2. The molecular formula is C15H16BrN3O2. The van der Waals surface area contributed by atoms with Crippen molar-refractivity contribution in [2.24, 2.45) is 0 Å². The van der Waals surface area contributed by atoms with E-state index in [0.717, 1.165) is 13.0 Å². The Labute approximate surface area is 130 Å². The molecule has 0 saturated carbocycles. The lowest BCUT2D eigenvalue weighted by atomic mass is 9.77. The molecular weight excluding hydrogens is 334 g/mol. The van der Waals surface area contributed by atoms with Crippen LogP contribution < -0.4 is 10.9 Å². The topological polar surface area (TPSA) is 67.2 Å². The molecule has 1 aliphatic carbocycles. The molecule has 0 saturated heterocycles. The number of anilines is 1. The van der Waals surface area contributed by atoms with Crippen LogP contribution in [0, 0.1) is 0 Å². The third-order valence-corrected chi connectivity index (χ3v) is 4.56. The first-order valence-corrected chi connectivity index (χ1v) is 7.68. The van der Waals surface area contributed by atoms with Crippen molar-refractivity contribution in [2.75, 3.05) is 18.5 Å². The van der Waals surface area contributed by atoms with Crippen LogP contribution in [0.5, 0.6) is 0 Å². The van der Waals surface area contributed by atoms with Crippen LogP contribution >= 0.6 is 15.9 Å². The second-order valence-corrected chi connectivity index (χ2v) is 5.90. The second-order valence-electron chi connectivity index (χ2n) is 5.10. The van der Waals surface area contributed by atoms with Crippen LogP contribution in [0.15, 0.2) is 39.7 Å². The number of aliphatic hydroxyl groups excluding tert-OH is 1. The Balaban J connectivity index is 1.70. The first kappa shape index (κ1) is 14.3. The summed E-state index contributed by atoms with van der Waals surface area (Å²) in [7, 11) is 0. The van der Waals surface area contributed by atoms with Gasteiger partial charge < -0.3 is 10.4 Å². The minimum Gasteiger partial charge on any atom is -0.394 e. The third-order valence-electron chi connectivity index (χ3n) is 3.80. The zero-order chi connectivity index (χ0) is 14.8. The van der Waals surface area contributed by atoms with Crippen molar-refractivity contribution in [3.8, 4) is 0 Å². The van der Waals surface area contributed by atoms with Gasteiger partial charge in [0, 0.05) is 12.5 Å². The quantitative estimate of drug-likeness (QED) is 0.862. The lowest BCUT2D eigenvalue weighted by Gasteiger charge is -2.30. The molecule has 1 unspecified atom stereocenters.